The lowest BCUT2D eigenvalue weighted by Crippen LogP contribution is -2.53. The summed E-state index contributed by atoms with van der Waals surface area (Å²) in [5.74, 6) is 1.46. The molecular formula is C29H39N3O2. The Hall–Kier alpha value is -2.69. The second-order valence-electron chi connectivity index (χ2n) is 10.4. The van der Waals surface area contributed by atoms with Crippen molar-refractivity contribution >= 4 is 11.8 Å². The fourth-order valence-electron chi connectivity index (χ4n) is 5.70. The Bertz CT molecular complexity index is 923. The number of rotatable bonds is 7. The smallest absolute Gasteiger partial charge is 0.246 e. The van der Waals surface area contributed by atoms with Crippen LogP contribution in [-0.2, 0) is 16.0 Å². The number of piperidine rings is 1. The summed E-state index contributed by atoms with van der Waals surface area (Å²) in [5.41, 5.74) is 2.15. The summed E-state index contributed by atoms with van der Waals surface area (Å²) in [4.78, 5) is 33.5. The van der Waals surface area contributed by atoms with Gasteiger partial charge in [0.15, 0.2) is 0 Å². The molecule has 0 spiro atoms. The zero-order valence-corrected chi connectivity index (χ0v) is 20.7. The fourth-order valence-corrected chi connectivity index (χ4v) is 5.70. The van der Waals surface area contributed by atoms with Crippen LogP contribution in [0, 0.1) is 17.8 Å². The number of carbonyl (C=O) groups excluding carboxylic acids is 2. The minimum absolute atomic E-state index is 0.0107. The van der Waals surface area contributed by atoms with E-state index in [1.165, 1.54) is 0 Å². The summed E-state index contributed by atoms with van der Waals surface area (Å²) in [5, 5.41) is 3.20. The molecule has 34 heavy (non-hydrogen) atoms. The third-order valence-corrected chi connectivity index (χ3v) is 7.84. The Kier molecular flexibility index (Phi) is 8.36. The van der Waals surface area contributed by atoms with Gasteiger partial charge in [0.1, 0.15) is 6.04 Å². The first-order valence-electron chi connectivity index (χ1n) is 13.1. The van der Waals surface area contributed by atoms with Crippen LogP contribution in [0.15, 0.2) is 54.9 Å². The van der Waals surface area contributed by atoms with E-state index in [0.717, 1.165) is 62.6 Å². The third kappa shape index (κ3) is 6.05. The monoisotopic (exact) mass is 461 g/mol. The molecule has 0 bridgehead atoms. The van der Waals surface area contributed by atoms with Gasteiger partial charge in [-0.25, -0.2) is 0 Å². The van der Waals surface area contributed by atoms with Crippen LogP contribution in [-0.4, -0.2) is 34.3 Å². The minimum Gasteiger partial charge on any atom is -0.344 e. The first-order chi connectivity index (χ1) is 16.5. The summed E-state index contributed by atoms with van der Waals surface area (Å²) in [6.45, 7) is 5.27. The topological polar surface area (TPSA) is 62.3 Å². The first-order valence-corrected chi connectivity index (χ1v) is 13.1. The predicted molar refractivity (Wildman–Crippen MR) is 135 cm³/mol. The van der Waals surface area contributed by atoms with E-state index in [1.807, 2.05) is 47.5 Å². The maximum Gasteiger partial charge on any atom is 0.246 e. The highest BCUT2D eigenvalue weighted by molar-refractivity contribution is 5.89. The number of pyridine rings is 1. The quantitative estimate of drug-likeness (QED) is 0.607. The molecule has 182 valence electrons. The first kappa shape index (κ1) is 24.4. The number of hydrogen-bond donors (Lipinski definition) is 1. The van der Waals surface area contributed by atoms with Crippen LogP contribution >= 0.6 is 0 Å². The van der Waals surface area contributed by atoms with Gasteiger partial charge in [-0.2, -0.15) is 0 Å². The summed E-state index contributed by atoms with van der Waals surface area (Å²) < 4.78 is 0. The maximum absolute atomic E-state index is 13.9. The van der Waals surface area contributed by atoms with Gasteiger partial charge in [0, 0.05) is 31.3 Å². The van der Waals surface area contributed by atoms with Crippen LogP contribution in [0.4, 0.5) is 0 Å². The van der Waals surface area contributed by atoms with Crippen molar-refractivity contribution in [2.75, 3.05) is 6.54 Å². The number of nitrogens with one attached hydrogen (secondary N) is 1. The fraction of sp³-hybridized carbons (Fsp3) is 0.552. The second-order valence-corrected chi connectivity index (χ2v) is 10.4. The standard InChI is InChI=1S/C29H39N3O2/c1-21(2)23-13-15-24(16-14-23)28(33)31-26(19-22-9-4-3-5-10-22)29(34)32-18-7-6-12-27(32)25-11-8-17-30-20-25/h3-5,8-11,17,20-21,23-24,26-27H,6-7,12-16,18-19H2,1-2H3,(H,31,33)/t23?,24?,26-,27-/m0/s1. The molecule has 2 atom stereocenters. The van der Waals surface area contributed by atoms with Crippen LogP contribution in [0.5, 0.6) is 0 Å². The Morgan fingerprint density at radius 1 is 1.00 bits per heavy atom. The Labute approximate surface area is 204 Å². The summed E-state index contributed by atoms with van der Waals surface area (Å²) in [6.07, 6.45) is 11.2. The van der Waals surface area contributed by atoms with E-state index in [0.29, 0.717) is 18.3 Å². The lowest BCUT2D eigenvalue weighted by molar-refractivity contribution is -0.141. The molecule has 0 radical (unpaired) electrons. The highest BCUT2D eigenvalue weighted by atomic mass is 16.2. The van der Waals surface area contributed by atoms with Crippen LogP contribution in [0.2, 0.25) is 0 Å². The Morgan fingerprint density at radius 2 is 1.76 bits per heavy atom. The van der Waals surface area contributed by atoms with Gasteiger partial charge in [-0.3, -0.25) is 14.6 Å². The molecule has 1 saturated heterocycles. The molecule has 2 aliphatic rings. The van der Waals surface area contributed by atoms with Crippen LogP contribution in [0.1, 0.15) is 76.0 Å². The van der Waals surface area contributed by atoms with Crippen molar-refractivity contribution in [3.05, 3.63) is 66.0 Å². The molecule has 1 aliphatic carbocycles. The molecule has 2 heterocycles. The van der Waals surface area contributed by atoms with Crippen molar-refractivity contribution in [2.45, 2.75) is 77.3 Å². The molecule has 2 amide bonds. The van der Waals surface area contributed by atoms with E-state index < -0.39 is 6.04 Å². The Morgan fingerprint density at radius 3 is 2.44 bits per heavy atom. The minimum atomic E-state index is -0.546. The van der Waals surface area contributed by atoms with Gasteiger partial charge >= 0.3 is 0 Å². The largest absolute Gasteiger partial charge is 0.344 e. The van der Waals surface area contributed by atoms with Crippen molar-refractivity contribution in [3.63, 3.8) is 0 Å². The zero-order chi connectivity index (χ0) is 23.9. The van der Waals surface area contributed by atoms with E-state index in [1.54, 1.807) is 6.20 Å². The van der Waals surface area contributed by atoms with E-state index >= 15 is 0 Å². The molecule has 5 nitrogen and oxygen atoms in total. The number of carbonyl (C=O) groups is 2. The van der Waals surface area contributed by atoms with E-state index in [9.17, 15) is 9.59 Å². The average Bonchev–Trinajstić information content (AvgIpc) is 2.89. The Balaban J connectivity index is 1.51. The molecule has 4 rings (SSSR count). The number of nitrogens with zero attached hydrogens (tertiary/aromatic N) is 2. The van der Waals surface area contributed by atoms with Gasteiger partial charge < -0.3 is 10.2 Å². The summed E-state index contributed by atoms with van der Waals surface area (Å²) in [7, 11) is 0. The second kappa shape index (κ2) is 11.6. The molecule has 1 aromatic carbocycles. The van der Waals surface area contributed by atoms with Crippen molar-refractivity contribution in [2.24, 2.45) is 17.8 Å². The zero-order valence-electron chi connectivity index (χ0n) is 20.7. The lowest BCUT2D eigenvalue weighted by Gasteiger charge is -2.38. The third-order valence-electron chi connectivity index (χ3n) is 7.84. The van der Waals surface area contributed by atoms with Crippen LogP contribution in [0.3, 0.4) is 0 Å². The number of hydrogen-bond acceptors (Lipinski definition) is 3. The van der Waals surface area contributed by atoms with E-state index in [2.05, 4.69) is 30.2 Å². The number of likely N-dealkylation sites (tertiary alicyclic amines) is 1. The van der Waals surface area contributed by atoms with Crippen molar-refractivity contribution in [1.82, 2.24) is 15.2 Å². The van der Waals surface area contributed by atoms with Crippen molar-refractivity contribution in [1.29, 1.82) is 0 Å². The van der Waals surface area contributed by atoms with Gasteiger partial charge in [-0.15, -0.1) is 0 Å². The lowest BCUT2D eigenvalue weighted by atomic mass is 9.76. The van der Waals surface area contributed by atoms with Gasteiger partial charge in [-0.05, 0) is 74.0 Å². The summed E-state index contributed by atoms with van der Waals surface area (Å²) >= 11 is 0. The van der Waals surface area contributed by atoms with Crippen LogP contribution < -0.4 is 5.32 Å². The molecule has 2 fully saturated rings. The molecule has 5 heteroatoms. The molecule has 1 saturated carbocycles. The summed E-state index contributed by atoms with van der Waals surface area (Å²) in [6, 6.07) is 13.5. The number of aromatic nitrogens is 1. The maximum atomic E-state index is 13.9. The van der Waals surface area contributed by atoms with Crippen molar-refractivity contribution in [3.8, 4) is 0 Å². The number of benzene rings is 1. The predicted octanol–water partition coefficient (Wildman–Crippen LogP) is 5.33. The normalized spacial score (nSPS) is 24.0. The van der Waals surface area contributed by atoms with Crippen molar-refractivity contribution < 1.29 is 9.59 Å². The molecule has 1 aromatic heterocycles. The van der Waals surface area contributed by atoms with E-state index in [4.69, 9.17) is 0 Å². The average molecular weight is 462 g/mol. The molecule has 1 aliphatic heterocycles. The molecule has 1 N–H and O–H groups in total. The SMILES string of the molecule is CC(C)C1CCC(C(=O)N[C@@H](Cc2ccccc2)C(=O)N2CCCC[C@H]2c2cccnc2)CC1. The van der Waals surface area contributed by atoms with E-state index in [-0.39, 0.29) is 23.8 Å². The molecule has 2 aromatic rings. The molecule has 0 unspecified atom stereocenters. The highest BCUT2D eigenvalue weighted by Crippen LogP contribution is 2.34. The van der Waals surface area contributed by atoms with Crippen LogP contribution in [0.25, 0.3) is 0 Å². The number of amides is 2. The van der Waals surface area contributed by atoms with Gasteiger partial charge in [-0.1, -0.05) is 50.2 Å². The highest BCUT2D eigenvalue weighted by Gasteiger charge is 2.35. The van der Waals surface area contributed by atoms with Gasteiger partial charge in [0.05, 0.1) is 6.04 Å². The molecular weight excluding hydrogens is 422 g/mol. The van der Waals surface area contributed by atoms with Gasteiger partial charge in [0.25, 0.3) is 0 Å². The van der Waals surface area contributed by atoms with Gasteiger partial charge in [0.2, 0.25) is 11.8 Å².